The number of imide groups is 1. The van der Waals surface area contributed by atoms with Crippen LogP contribution >= 0.6 is 0 Å². The first-order chi connectivity index (χ1) is 5.93. The maximum atomic E-state index is 11.1. The summed E-state index contributed by atoms with van der Waals surface area (Å²) in [5, 5.41) is 4.97. The molecule has 0 saturated heterocycles. The summed E-state index contributed by atoms with van der Waals surface area (Å²) >= 11 is 0. The molecule has 0 aromatic heterocycles. The molecular weight excluding hydrogens is 170 g/mol. The average molecular weight is 187 g/mol. The van der Waals surface area contributed by atoms with E-state index in [0.29, 0.717) is 5.92 Å². The Hall–Kier alpha value is -1.10. The summed E-state index contributed by atoms with van der Waals surface area (Å²) in [7, 11) is 0. The van der Waals surface area contributed by atoms with Crippen LogP contribution in [0, 0.1) is 5.92 Å². The van der Waals surface area contributed by atoms with Crippen LogP contribution in [0.5, 0.6) is 0 Å². The molecule has 0 rings (SSSR count). The van der Waals surface area contributed by atoms with Crippen molar-refractivity contribution in [2.45, 2.75) is 26.8 Å². The number of nitrogens with two attached hydrogens (primary N) is 1. The molecule has 0 fully saturated rings. The molecule has 0 heterocycles. The van der Waals surface area contributed by atoms with Crippen LogP contribution in [0.1, 0.15) is 20.8 Å². The largest absolute Gasteiger partial charge is 0.351 e. The van der Waals surface area contributed by atoms with Gasteiger partial charge in [0.15, 0.2) is 0 Å². The summed E-state index contributed by atoms with van der Waals surface area (Å²) in [5.74, 6) is 0.0666. The van der Waals surface area contributed by atoms with Gasteiger partial charge in [0.1, 0.15) is 0 Å². The van der Waals surface area contributed by atoms with Crippen LogP contribution in [-0.4, -0.2) is 24.5 Å². The first kappa shape index (κ1) is 11.9. The molecule has 1 atom stereocenters. The molecule has 0 radical (unpaired) electrons. The quantitative estimate of drug-likeness (QED) is 0.570. The van der Waals surface area contributed by atoms with Crippen molar-refractivity contribution in [3.05, 3.63) is 0 Å². The summed E-state index contributed by atoms with van der Waals surface area (Å²) in [4.78, 5) is 21.4. The molecule has 5 heteroatoms. The van der Waals surface area contributed by atoms with E-state index in [-0.39, 0.29) is 0 Å². The third-order valence-corrected chi connectivity index (χ3v) is 1.47. The Morgan fingerprint density at radius 3 is 2.23 bits per heavy atom. The molecule has 0 spiro atoms. The van der Waals surface area contributed by atoms with Gasteiger partial charge in [-0.25, -0.2) is 4.79 Å². The minimum absolute atomic E-state index is 0.394. The number of nitrogens with one attached hydrogen (secondary N) is 2. The van der Waals surface area contributed by atoms with Crippen molar-refractivity contribution in [1.29, 1.82) is 0 Å². The van der Waals surface area contributed by atoms with E-state index in [1.807, 2.05) is 19.2 Å². The van der Waals surface area contributed by atoms with Gasteiger partial charge in [-0.1, -0.05) is 13.8 Å². The van der Waals surface area contributed by atoms with E-state index in [0.717, 1.165) is 6.54 Å². The molecule has 0 aliphatic heterocycles. The van der Waals surface area contributed by atoms with Crippen molar-refractivity contribution in [2.24, 2.45) is 11.7 Å². The van der Waals surface area contributed by atoms with E-state index in [9.17, 15) is 9.59 Å². The van der Waals surface area contributed by atoms with Gasteiger partial charge in [0.25, 0.3) is 0 Å². The zero-order valence-electron chi connectivity index (χ0n) is 8.26. The highest BCUT2D eigenvalue weighted by atomic mass is 16.2. The SMILES string of the molecule is CC(C)CNC(C)C(=O)NC(N)=O. The molecular formula is C8H17N3O2. The third kappa shape index (κ3) is 6.10. The first-order valence-corrected chi connectivity index (χ1v) is 4.27. The summed E-state index contributed by atoms with van der Waals surface area (Å²) in [6, 6.07) is -1.21. The lowest BCUT2D eigenvalue weighted by molar-refractivity contribution is -0.121. The fraction of sp³-hybridized carbons (Fsp3) is 0.750. The Balaban J connectivity index is 3.76. The maximum Gasteiger partial charge on any atom is 0.318 e. The van der Waals surface area contributed by atoms with E-state index in [4.69, 9.17) is 5.73 Å². The van der Waals surface area contributed by atoms with Gasteiger partial charge in [-0.3, -0.25) is 10.1 Å². The van der Waals surface area contributed by atoms with Crippen LogP contribution in [-0.2, 0) is 4.79 Å². The summed E-state index contributed by atoms with van der Waals surface area (Å²) < 4.78 is 0. The number of amides is 3. The predicted octanol–water partition coefficient (Wildman–Crippen LogP) is -0.185. The van der Waals surface area contributed by atoms with Gasteiger partial charge in [0, 0.05) is 0 Å². The number of urea groups is 1. The number of hydrogen-bond donors (Lipinski definition) is 3. The summed E-state index contributed by atoms with van der Waals surface area (Å²) in [6.07, 6.45) is 0. The molecule has 4 N–H and O–H groups in total. The van der Waals surface area contributed by atoms with Crippen LogP contribution in [0.2, 0.25) is 0 Å². The van der Waals surface area contributed by atoms with Gasteiger partial charge in [0.05, 0.1) is 6.04 Å². The van der Waals surface area contributed by atoms with Gasteiger partial charge >= 0.3 is 6.03 Å². The van der Waals surface area contributed by atoms with Crippen molar-refractivity contribution in [3.8, 4) is 0 Å². The Morgan fingerprint density at radius 1 is 1.31 bits per heavy atom. The van der Waals surface area contributed by atoms with E-state index < -0.39 is 18.0 Å². The molecule has 0 aromatic carbocycles. The van der Waals surface area contributed by atoms with Crippen LogP contribution < -0.4 is 16.4 Å². The van der Waals surface area contributed by atoms with Crippen molar-refractivity contribution in [2.75, 3.05) is 6.54 Å². The van der Waals surface area contributed by atoms with Crippen molar-refractivity contribution in [1.82, 2.24) is 10.6 Å². The van der Waals surface area contributed by atoms with E-state index >= 15 is 0 Å². The zero-order chi connectivity index (χ0) is 10.4. The lowest BCUT2D eigenvalue weighted by Gasteiger charge is -2.13. The third-order valence-electron chi connectivity index (χ3n) is 1.47. The number of hydrogen-bond acceptors (Lipinski definition) is 3. The maximum absolute atomic E-state index is 11.1. The Bertz CT molecular complexity index is 192. The zero-order valence-corrected chi connectivity index (χ0v) is 8.26. The fourth-order valence-electron chi connectivity index (χ4n) is 0.735. The molecule has 1 unspecified atom stereocenters. The van der Waals surface area contributed by atoms with Crippen molar-refractivity contribution < 1.29 is 9.59 Å². The van der Waals surface area contributed by atoms with E-state index in [1.165, 1.54) is 0 Å². The van der Waals surface area contributed by atoms with E-state index in [2.05, 4.69) is 5.32 Å². The molecule has 0 bridgehead atoms. The number of carbonyl (C=O) groups excluding carboxylic acids is 2. The Morgan fingerprint density at radius 2 is 1.85 bits per heavy atom. The second-order valence-electron chi connectivity index (χ2n) is 3.38. The van der Waals surface area contributed by atoms with Crippen LogP contribution in [0.4, 0.5) is 4.79 Å². The second kappa shape index (κ2) is 5.53. The Kier molecular flexibility index (Phi) is 5.06. The minimum atomic E-state index is -0.816. The highest BCUT2D eigenvalue weighted by Gasteiger charge is 2.13. The molecule has 5 nitrogen and oxygen atoms in total. The standard InChI is InChI=1S/C8H17N3O2/c1-5(2)4-10-6(3)7(12)11-8(9)13/h5-6,10H,4H2,1-3H3,(H3,9,11,12,13). The smallest absolute Gasteiger partial charge is 0.318 e. The molecule has 3 amide bonds. The van der Waals surface area contributed by atoms with Crippen LogP contribution in [0.15, 0.2) is 0 Å². The van der Waals surface area contributed by atoms with Crippen molar-refractivity contribution in [3.63, 3.8) is 0 Å². The monoisotopic (exact) mass is 187 g/mol. The fourth-order valence-corrected chi connectivity index (χ4v) is 0.735. The number of primary amides is 1. The van der Waals surface area contributed by atoms with Gasteiger partial charge in [-0.05, 0) is 19.4 Å². The van der Waals surface area contributed by atoms with E-state index in [1.54, 1.807) is 6.92 Å². The molecule has 0 aliphatic rings. The number of carbonyl (C=O) groups is 2. The van der Waals surface area contributed by atoms with Crippen LogP contribution in [0.3, 0.4) is 0 Å². The molecule has 13 heavy (non-hydrogen) atoms. The Labute approximate surface area is 78.1 Å². The highest BCUT2D eigenvalue weighted by molar-refractivity contribution is 5.96. The predicted molar refractivity (Wildman–Crippen MR) is 50.0 cm³/mol. The summed E-state index contributed by atoms with van der Waals surface area (Å²) in [6.45, 7) is 6.48. The average Bonchev–Trinajstić information content (AvgIpc) is 1.98. The minimum Gasteiger partial charge on any atom is -0.351 e. The van der Waals surface area contributed by atoms with Gasteiger partial charge in [-0.15, -0.1) is 0 Å². The normalized spacial score (nSPS) is 12.6. The summed E-state index contributed by atoms with van der Waals surface area (Å²) in [5.41, 5.74) is 4.79. The lowest BCUT2D eigenvalue weighted by Crippen LogP contribution is -2.47. The number of rotatable bonds is 4. The highest BCUT2D eigenvalue weighted by Crippen LogP contribution is 1.89. The lowest BCUT2D eigenvalue weighted by atomic mass is 10.2. The van der Waals surface area contributed by atoms with Crippen molar-refractivity contribution >= 4 is 11.9 Å². The van der Waals surface area contributed by atoms with Gasteiger partial charge in [-0.2, -0.15) is 0 Å². The molecule has 0 saturated carbocycles. The second-order valence-corrected chi connectivity index (χ2v) is 3.38. The first-order valence-electron chi connectivity index (χ1n) is 4.27. The van der Waals surface area contributed by atoms with Gasteiger partial charge < -0.3 is 11.1 Å². The molecule has 0 aliphatic carbocycles. The molecule has 76 valence electrons. The topological polar surface area (TPSA) is 84.2 Å². The molecule has 0 aromatic rings. The van der Waals surface area contributed by atoms with Gasteiger partial charge in [0.2, 0.25) is 5.91 Å². The van der Waals surface area contributed by atoms with Crippen LogP contribution in [0.25, 0.3) is 0 Å².